The Kier molecular flexibility index (Phi) is 2.72. The molecule has 3 rings (SSSR count). The van der Waals surface area contributed by atoms with E-state index in [0.29, 0.717) is 5.89 Å². The van der Waals surface area contributed by atoms with E-state index < -0.39 is 0 Å². The van der Waals surface area contributed by atoms with E-state index in [2.05, 4.69) is 17.6 Å². The average Bonchev–Trinajstić information content (AvgIpc) is 2.63. The SMILES string of the molecule is NC1=CC=C(c2nc3ccc(S)cc3o2)CC=C1. The van der Waals surface area contributed by atoms with Gasteiger partial charge in [-0.25, -0.2) is 4.98 Å². The van der Waals surface area contributed by atoms with E-state index in [1.807, 2.05) is 42.5 Å². The summed E-state index contributed by atoms with van der Waals surface area (Å²) in [6.45, 7) is 0. The molecule has 0 fully saturated rings. The Morgan fingerprint density at radius 2 is 2.17 bits per heavy atom. The molecule has 0 unspecified atom stereocenters. The number of rotatable bonds is 1. The predicted octanol–water partition coefficient (Wildman–Crippen LogP) is 3.30. The van der Waals surface area contributed by atoms with Gasteiger partial charge in [0, 0.05) is 16.2 Å². The molecule has 0 radical (unpaired) electrons. The molecular weight excluding hydrogens is 244 g/mol. The van der Waals surface area contributed by atoms with Gasteiger partial charge in [0.05, 0.1) is 0 Å². The molecule has 0 saturated heterocycles. The van der Waals surface area contributed by atoms with Crippen molar-refractivity contribution in [3.05, 3.63) is 54.1 Å². The van der Waals surface area contributed by atoms with Crippen molar-refractivity contribution in [1.29, 1.82) is 0 Å². The Labute approximate surface area is 110 Å². The second kappa shape index (κ2) is 4.38. The van der Waals surface area contributed by atoms with Gasteiger partial charge in [-0.3, -0.25) is 0 Å². The number of nitrogens with zero attached hydrogens (tertiary/aromatic N) is 1. The zero-order chi connectivity index (χ0) is 12.5. The molecule has 2 aromatic rings. The molecule has 3 nitrogen and oxygen atoms in total. The third-order valence-electron chi connectivity index (χ3n) is 2.77. The highest BCUT2D eigenvalue weighted by atomic mass is 32.1. The minimum Gasteiger partial charge on any atom is -0.436 e. The fourth-order valence-corrected chi connectivity index (χ4v) is 2.04. The highest BCUT2D eigenvalue weighted by molar-refractivity contribution is 7.80. The Morgan fingerprint density at radius 1 is 1.28 bits per heavy atom. The van der Waals surface area contributed by atoms with Crippen LogP contribution in [-0.2, 0) is 0 Å². The molecule has 18 heavy (non-hydrogen) atoms. The first-order valence-corrected chi connectivity index (χ1v) is 6.10. The van der Waals surface area contributed by atoms with E-state index >= 15 is 0 Å². The van der Waals surface area contributed by atoms with Gasteiger partial charge >= 0.3 is 0 Å². The fraction of sp³-hybridized carbons (Fsp3) is 0.0714. The highest BCUT2D eigenvalue weighted by Crippen LogP contribution is 2.26. The summed E-state index contributed by atoms with van der Waals surface area (Å²) in [4.78, 5) is 5.34. The molecule has 0 spiro atoms. The number of aromatic nitrogens is 1. The van der Waals surface area contributed by atoms with Crippen molar-refractivity contribution < 1.29 is 4.42 Å². The van der Waals surface area contributed by atoms with Gasteiger partial charge < -0.3 is 10.2 Å². The average molecular weight is 256 g/mol. The van der Waals surface area contributed by atoms with E-state index in [9.17, 15) is 0 Å². The van der Waals surface area contributed by atoms with Crippen molar-refractivity contribution in [3.63, 3.8) is 0 Å². The van der Waals surface area contributed by atoms with Crippen LogP contribution < -0.4 is 5.73 Å². The number of nitrogens with two attached hydrogens (primary N) is 1. The maximum Gasteiger partial charge on any atom is 0.223 e. The normalized spacial score (nSPS) is 15.4. The number of fused-ring (bicyclic) bond motifs is 1. The van der Waals surface area contributed by atoms with E-state index in [-0.39, 0.29) is 0 Å². The van der Waals surface area contributed by atoms with Crippen LogP contribution in [0.3, 0.4) is 0 Å². The van der Waals surface area contributed by atoms with Gasteiger partial charge in [-0.2, -0.15) is 0 Å². The van der Waals surface area contributed by atoms with Gasteiger partial charge in [0.25, 0.3) is 0 Å². The summed E-state index contributed by atoms with van der Waals surface area (Å²) in [6, 6.07) is 5.67. The number of oxazole rings is 1. The lowest BCUT2D eigenvalue weighted by molar-refractivity contribution is 0.582. The molecule has 0 amide bonds. The first-order valence-electron chi connectivity index (χ1n) is 5.65. The summed E-state index contributed by atoms with van der Waals surface area (Å²) in [7, 11) is 0. The second-order valence-electron chi connectivity index (χ2n) is 4.14. The Bertz CT molecular complexity index is 695. The smallest absolute Gasteiger partial charge is 0.223 e. The Morgan fingerprint density at radius 3 is 3.06 bits per heavy atom. The zero-order valence-electron chi connectivity index (χ0n) is 9.63. The first kappa shape index (κ1) is 11.2. The summed E-state index contributed by atoms with van der Waals surface area (Å²) in [5.74, 6) is 0.638. The van der Waals surface area contributed by atoms with Crippen LogP contribution in [-0.4, -0.2) is 4.98 Å². The van der Waals surface area contributed by atoms with Crippen LogP contribution in [0, 0.1) is 0 Å². The van der Waals surface area contributed by atoms with Crippen molar-refractivity contribution in [2.24, 2.45) is 5.73 Å². The highest BCUT2D eigenvalue weighted by Gasteiger charge is 2.10. The molecule has 1 aliphatic rings. The molecule has 0 saturated carbocycles. The molecule has 1 aromatic heterocycles. The topological polar surface area (TPSA) is 52.0 Å². The lowest BCUT2D eigenvalue weighted by atomic mass is 10.2. The van der Waals surface area contributed by atoms with Crippen molar-refractivity contribution in [2.75, 3.05) is 0 Å². The number of benzene rings is 1. The fourth-order valence-electron chi connectivity index (χ4n) is 1.85. The molecule has 1 heterocycles. The second-order valence-corrected chi connectivity index (χ2v) is 4.65. The summed E-state index contributed by atoms with van der Waals surface area (Å²) in [6.07, 6.45) is 8.46. The molecule has 90 valence electrons. The van der Waals surface area contributed by atoms with E-state index in [0.717, 1.165) is 33.7 Å². The van der Waals surface area contributed by atoms with Gasteiger partial charge in [0.1, 0.15) is 5.52 Å². The third-order valence-corrected chi connectivity index (χ3v) is 3.05. The Hall–Kier alpha value is -1.94. The van der Waals surface area contributed by atoms with Crippen LogP contribution in [0.4, 0.5) is 0 Å². The van der Waals surface area contributed by atoms with Crippen molar-refractivity contribution in [2.45, 2.75) is 11.3 Å². The predicted molar refractivity (Wildman–Crippen MR) is 75.3 cm³/mol. The first-order chi connectivity index (χ1) is 8.72. The van der Waals surface area contributed by atoms with Crippen LogP contribution in [0.1, 0.15) is 12.3 Å². The zero-order valence-corrected chi connectivity index (χ0v) is 10.5. The minimum atomic E-state index is 0.638. The summed E-state index contributed by atoms with van der Waals surface area (Å²) in [5.41, 5.74) is 9.09. The van der Waals surface area contributed by atoms with E-state index in [1.54, 1.807) is 0 Å². The summed E-state index contributed by atoms with van der Waals surface area (Å²) >= 11 is 4.29. The molecule has 1 aromatic carbocycles. The van der Waals surface area contributed by atoms with Crippen LogP contribution >= 0.6 is 12.6 Å². The molecule has 0 aliphatic heterocycles. The van der Waals surface area contributed by atoms with Crippen LogP contribution in [0.2, 0.25) is 0 Å². The molecule has 2 N–H and O–H groups in total. The van der Waals surface area contributed by atoms with E-state index in [4.69, 9.17) is 10.2 Å². The van der Waals surface area contributed by atoms with Crippen molar-refractivity contribution in [1.82, 2.24) is 4.98 Å². The van der Waals surface area contributed by atoms with Gasteiger partial charge in [0.15, 0.2) is 5.58 Å². The van der Waals surface area contributed by atoms with Gasteiger partial charge in [-0.05, 0) is 36.8 Å². The molecule has 1 aliphatic carbocycles. The standard InChI is InChI=1S/C14H12N2OS/c15-10-3-1-2-9(4-5-10)14-16-12-7-6-11(18)8-13(12)17-14/h1,3-8,18H,2,15H2. The molecule has 0 bridgehead atoms. The largest absolute Gasteiger partial charge is 0.436 e. The number of allylic oxidation sites excluding steroid dienone is 5. The van der Waals surface area contributed by atoms with Gasteiger partial charge in [0.2, 0.25) is 5.89 Å². The number of hydrogen-bond donors (Lipinski definition) is 2. The molecule has 0 atom stereocenters. The minimum absolute atomic E-state index is 0.638. The number of hydrogen-bond acceptors (Lipinski definition) is 4. The van der Waals surface area contributed by atoms with Crippen LogP contribution in [0.15, 0.2) is 57.5 Å². The third kappa shape index (κ3) is 2.07. The van der Waals surface area contributed by atoms with Gasteiger partial charge in [-0.15, -0.1) is 12.6 Å². The van der Waals surface area contributed by atoms with Crippen molar-refractivity contribution >= 4 is 29.3 Å². The molecule has 4 heteroatoms. The maximum atomic E-state index is 5.75. The van der Waals surface area contributed by atoms with Gasteiger partial charge in [-0.1, -0.05) is 12.2 Å². The maximum absolute atomic E-state index is 5.75. The van der Waals surface area contributed by atoms with Crippen molar-refractivity contribution in [3.8, 4) is 0 Å². The molecular formula is C14H12N2OS. The van der Waals surface area contributed by atoms with Crippen LogP contribution in [0.25, 0.3) is 16.7 Å². The van der Waals surface area contributed by atoms with Crippen LogP contribution in [0.5, 0.6) is 0 Å². The number of thiol groups is 1. The van der Waals surface area contributed by atoms with E-state index in [1.165, 1.54) is 0 Å². The monoisotopic (exact) mass is 256 g/mol. The lowest BCUT2D eigenvalue weighted by Crippen LogP contribution is -1.89. The Balaban J connectivity index is 2.07. The summed E-state index contributed by atoms with van der Waals surface area (Å²) in [5, 5.41) is 0. The quantitative estimate of drug-likeness (QED) is 0.770. The lowest BCUT2D eigenvalue weighted by Gasteiger charge is -1.95. The summed E-state index contributed by atoms with van der Waals surface area (Å²) < 4.78 is 5.75.